The van der Waals surface area contributed by atoms with Gasteiger partial charge in [0.1, 0.15) is 46.2 Å². The molecule has 0 bridgehead atoms. The van der Waals surface area contributed by atoms with Gasteiger partial charge in [-0.05, 0) is 102 Å². The maximum atomic E-state index is 11.5. The Kier molecular flexibility index (Phi) is 8.25. The average Bonchev–Trinajstić information content (AvgIpc) is 3.68. The Morgan fingerprint density at radius 2 is 0.867 bits per heavy atom. The number of benzene rings is 10. The molecule has 2 N–H and O–H groups in total. The van der Waals surface area contributed by atoms with Gasteiger partial charge in [-0.15, -0.1) is 5.46 Å². The number of rotatable bonds is 5. The van der Waals surface area contributed by atoms with Crippen LogP contribution in [0.2, 0.25) is 0 Å². The molecule has 6 heteroatoms. The van der Waals surface area contributed by atoms with Crippen molar-refractivity contribution in [3.63, 3.8) is 0 Å². The monoisotopic (exact) mass is 760 g/mol. The van der Waals surface area contributed by atoms with Crippen molar-refractivity contribution in [1.82, 2.24) is 0 Å². The Bertz CT molecular complexity index is 3450. The van der Waals surface area contributed by atoms with Crippen LogP contribution in [0.3, 0.4) is 0 Å². The topological polar surface area (TPSA) is 53.6 Å². The Morgan fingerprint density at radius 3 is 1.50 bits per heavy atom. The molecule has 0 aliphatic heterocycles. The quantitative estimate of drug-likeness (QED) is 0.136. The molecule has 1 aromatic heterocycles. The van der Waals surface area contributed by atoms with Gasteiger partial charge < -0.3 is 14.6 Å². The van der Waals surface area contributed by atoms with Crippen LogP contribution in [-0.2, 0) is 0 Å². The lowest BCUT2D eigenvalue weighted by molar-refractivity contribution is 0.460. The summed E-state index contributed by atoms with van der Waals surface area (Å²) in [6, 6.07) is 60.9. The predicted octanol–water partition coefficient (Wildman–Crippen LogP) is 11.2. The van der Waals surface area contributed by atoms with Gasteiger partial charge in [0.15, 0.2) is 0 Å². The first-order chi connectivity index (χ1) is 29.4. The van der Waals surface area contributed by atoms with E-state index in [4.69, 9.17) is 28.0 Å². The zero-order valence-electron chi connectivity index (χ0n) is 32.3. The number of fused-ring (bicyclic) bond motifs is 6. The van der Waals surface area contributed by atoms with E-state index in [1.165, 1.54) is 0 Å². The summed E-state index contributed by atoms with van der Waals surface area (Å²) in [6.45, 7) is 0. The van der Waals surface area contributed by atoms with E-state index in [-0.39, 0.29) is 33.5 Å². The van der Waals surface area contributed by atoms with Crippen molar-refractivity contribution < 1.29 is 14.6 Å². The summed E-state index contributed by atoms with van der Waals surface area (Å²) in [7, 11) is 18.7. The number of phenolic OH excluding ortho intramolecular Hbond substituents is 2. The molecule has 11 aromatic rings. The fourth-order valence-corrected chi connectivity index (χ4v) is 9.21. The normalized spacial score (nSPS) is 11.7. The third-order valence-corrected chi connectivity index (χ3v) is 12.0. The van der Waals surface area contributed by atoms with Gasteiger partial charge in [0, 0.05) is 21.9 Å². The highest BCUT2D eigenvalue weighted by Crippen LogP contribution is 2.50. The highest BCUT2D eigenvalue weighted by atomic mass is 16.3. The molecule has 0 spiro atoms. The predicted molar refractivity (Wildman–Crippen MR) is 253 cm³/mol. The number of phenols is 2. The molecule has 6 radical (unpaired) electrons. The van der Waals surface area contributed by atoms with Gasteiger partial charge >= 0.3 is 0 Å². The molecule has 10 aromatic carbocycles. The fourth-order valence-electron chi connectivity index (χ4n) is 9.21. The largest absolute Gasteiger partial charge is 0.508 e. The average molecular weight is 760 g/mol. The molecule has 0 saturated carbocycles. The van der Waals surface area contributed by atoms with E-state index < -0.39 is 0 Å². The summed E-state index contributed by atoms with van der Waals surface area (Å²) in [5.74, 6) is -0.640. The van der Waals surface area contributed by atoms with Crippen molar-refractivity contribution in [3.05, 3.63) is 176 Å². The van der Waals surface area contributed by atoms with E-state index in [9.17, 15) is 10.2 Å². The van der Waals surface area contributed by atoms with Crippen LogP contribution in [-0.4, -0.2) is 33.8 Å². The zero-order chi connectivity index (χ0) is 40.6. The molecule has 3 nitrogen and oxygen atoms in total. The number of hydrogen-bond acceptors (Lipinski definition) is 3. The number of furan rings is 1. The maximum absolute atomic E-state index is 11.5. The molecule has 0 saturated heterocycles. The van der Waals surface area contributed by atoms with E-state index >= 15 is 0 Å². The van der Waals surface area contributed by atoms with Crippen LogP contribution in [0.15, 0.2) is 180 Å². The molecule has 60 heavy (non-hydrogen) atoms. The summed E-state index contributed by atoms with van der Waals surface area (Å²) in [5.41, 5.74) is 10.7. The number of hydrogen-bond donors (Lipinski definition) is 2. The minimum atomic E-state index is -0.320. The van der Waals surface area contributed by atoms with Crippen LogP contribution in [0.4, 0.5) is 0 Å². The minimum absolute atomic E-state index is 0.0609. The van der Waals surface area contributed by atoms with E-state index in [1.54, 1.807) is 0 Å². The lowest BCUT2D eigenvalue weighted by atomic mass is 9.69. The van der Waals surface area contributed by atoms with Crippen molar-refractivity contribution in [3.8, 4) is 67.1 Å². The van der Waals surface area contributed by atoms with Gasteiger partial charge in [0.25, 0.3) is 0 Å². The molecule has 0 fully saturated rings. The van der Waals surface area contributed by atoms with Crippen LogP contribution in [0, 0.1) is 0 Å². The lowest BCUT2D eigenvalue weighted by Crippen LogP contribution is -2.39. The maximum Gasteiger partial charge on any atom is 0.136 e. The van der Waals surface area contributed by atoms with Gasteiger partial charge in [-0.3, -0.25) is 0 Å². The minimum Gasteiger partial charge on any atom is -0.508 e. The van der Waals surface area contributed by atoms with Gasteiger partial charge in [0.2, 0.25) is 0 Å². The molecule has 0 aliphatic rings. The van der Waals surface area contributed by atoms with Crippen LogP contribution in [0.25, 0.3) is 110 Å². The molecule has 0 unspecified atom stereocenters. The summed E-state index contributed by atoms with van der Waals surface area (Å²) in [6.07, 6.45) is 0. The first-order valence-corrected chi connectivity index (χ1v) is 19.8. The van der Waals surface area contributed by atoms with Gasteiger partial charge in [0.05, 0.1) is 5.56 Å². The summed E-state index contributed by atoms with van der Waals surface area (Å²) >= 11 is 0. The standard InChI is InChI=1S/C54H31B3O3/c55-50-51(56)53(58)49(54(59)52(50)57)47-39-21-11-9-19-37(39)45(38-20-10-12-22-40(38)47)34-27-33-17-7-8-18-35(33)41(29-34)46-36(31-15-5-2-6-16-31)24-26-44-48(46)42-28-32(23-25-43(42)60-44)30-13-3-1-4-14-30/h1-29,58-59H. The second kappa shape index (κ2) is 13.9. The molecule has 274 valence electrons. The van der Waals surface area contributed by atoms with Crippen LogP contribution in [0.5, 0.6) is 11.5 Å². The Labute approximate surface area is 350 Å². The van der Waals surface area contributed by atoms with E-state index in [0.29, 0.717) is 5.56 Å². The summed E-state index contributed by atoms with van der Waals surface area (Å²) in [4.78, 5) is 0. The van der Waals surface area contributed by atoms with Crippen molar-refractivity contribution in [2.24, 2.45) is 0 Å². The highest BCUT2D eigenvalue weighted by Gasteiger charge is 2.25. The van der Waals surface area contributed by atoms with Crippen LogP contribution < -0.4 is 16.4 Å². The smallest absolute Gasteiger partial charge is 0.136 e. The van der Waals surface area contributed by atoms with Crippen molar-refractivity contribution in [1.29, 1.82) is 0 Å². The van der Waals surface area contributed by atoms with Gasteiger partial charge in [-0.1, -0.05) is 157 Å². The fraction of sp³-hybridized carbons (Fsp3) is 0. The molecule has 0 atom stereocenters. The van der Waals surface area contributed by atoms with Crippen molar-refractivity contribution >= 4 is 94.2 Å². The van der Waals surface area contributed by atoms with Crippen molar-refractivity contribution in [2.75, 3.05) is 0 Å². The Hall–Kier alpha value is -7.43. The Morgan fingerprint density at radius 1 is 0.333 bits per heavy atom. The second-order valence-electron chi connectivity index (χ2n) is 15.3. The summed E-state index contributed by atoms with van der Waals surface area (Å²) in [5, 5.41) is 30.8. The third-order valence-electron chi connectivity index (χ3n) is 12.0. The highest BCUT2D eigenvalue weighted by molar-refractivity contribution is 6.59. The van der Waals surface area contributed by atoms with Crippen LogP contribution >= 0.6 is 0 Å². The zero-order valence-corrected chi connectivity index (χ0v) is 32.3. The van der Waals surface area contributed by atoms with E-state index in [2.05, 4.69) is 127 Å². The first-order valence-electron chi connectivity index (χ1n) is 19.8. The SMILES string of the molecule is [B]c1c([B])c(O)c(-c2c3ccccc3c(-c3cc(-c4c(-c5ccccc5)ccc5oc6ccc(-c7ccccc7)cc6c45)c4ccccc4c3)c3ccccc23)c(O)c1[B]. The van der Waals surface area contributed by atoms with Gasteiger partial charge in [-0.25, -0.2) is 0 Å². The molecular weight excluding hydrogens is 729 g/mol. The Balaban J connectivity index is 1.27. The third kappa shape index (κ3) is 5.41. The molecule has 0 aliphatic carbocycles. The van der Waals surface area contributed by atoms with Gasteiger partial charge in [-0.2, -0.15) is 0 Å². The molecule has 11 rings (SSSR count). The molecular formula is C54H31B3O3. The number of aromatic hydroxyl groups is 2. The van der Waals surface area contributed by atoms with Crippen molar-refractivity contribution in [2.45, 2.75) is 0 Å². The molecule has 0 amide bonds. The first kappa shape index (κ1) is 35.7. The van der Waals surface area contributed by atoms with E-state index in [1.807, 2.05) is 48.5 Å². The second-order valence-corrected chi connectivity index (χ2v) is 15.3. The molecule has 1 heterocycles. The van der Waals surface area contributed by atoms with E-state index in [0.717, 1.165) is 98.8 Å². The summed E-state index contributed by atoms with van der Waals surface area (Å²) < 4.78 is 6.67. The van der Waals surface area contributed by atoms with Crippen LogP contribution in [0.1, 0.15) is 0 Å². The lowest BCUT2D eigenvalue weighted by Gasteiger charge is -2.22.